The van der Waals surface area contributed by atoms with Gasteiger partial charge in [0.1, 0.15) is 0 Å². The molecule has 0 atom stereocenters. The molecule has 0 unspecified atom stereocenters. The maximum Gasteiger partial charge on any atom is 0.0991 e. The van der Waals surface area contributed by atoms with Crippen LogP contribution in [0.5, 0.6) is 0 Å². The minimum Gasteiger partial charge on any atom is -0.336 e. The lowest BCUT2D eigenvalue weighted by molar-refractivity contribution is 0.558. The van der Waals surface area contributed by atoms with Crippen LogP contribution < -0.4 is 4.90 Å². The van der Waals surface area contributed by atoms with Gasteiger partial charge in [-0.05, 0) is 103 Å². The van der Waals surface area contributed by atoms with Crippen molar-refractivity contribution < 1.29 is 0 Å². The van der Waals surface area contributed by atoms with E-state index in [1.54, 1.807) is 0 Å². The summed E-state index contributed by atoms with van der Waals surface area (Å²) in [6.45, 7) is 15.8. The van der Waals surface area contributed by atoms with Crippen LogP contribution in [-0.4, -0.2) is 5.54 Å². The van der Waals surface area contributed by atoms with E-state index in [-0.39, 0.29) is 11.0 Å². The van der Waals surface area contributed by atoms with Crippen molar-refractivity contribution in [3.63, 3.8) is 0 Å². The van der Waals surface area contributed by atoms with Crippen LogP contribution in [0.15, 0.2) is 78.9 Å². The number of nitrogens with zero attached hydrogens (tertiary/aromatic N) is 2. The molecule has 36 heavy (non-hydrogen) atoms. The quantitative estimate of drug-likeness (QED) is 0.298. The summed E-state index contributed by atoms with van der Waals surface area (Å²) < 4.78 is 0. The second kappa shape index (κ2) is 8.38. The third-order valence-electron chi connectivity index (χ3n) is 7.59. The van der Waals surface area contributed by atoms with E-state index in [0.29, 0.717) is 0 Å². The molecule has 0 fully saturated rings. The Kier molecular flexibility index (Phi) is 5.56. The van der Waals surface area contributed by atoms with Crippen LogP contribution in [0.25, 0.3) is 22.3 Å². The van der Waals surface area contributed by atoms with Gasteiger partial charge in [-0.25, -0.2) is 0 Å². The molecule has 0 bridgehead atoms. The zero-order valence-corrected chi connectivity index (χ0v) is 22.4. The van der Waals surface area contributed by atoms with Crippen molar-refractivity contribution in [2.75, 3.05) is 4.90 Å². The summed E-state index contributed by atoms with van der Waals surface area (Å²) >= 11 is 0. The molecule has 0 aliphatic heterocycles. The van der Waals surface area contributed by atoms with Gasteiger partial charge in [0.05, 0.1) is 11.6 Å². The molecule has 0 saturated carbocycles. The molecule has 0 saturated heterocycles. The van der Waals surface area contributed by atoms with Crippen molar-refractivity contribution in [1.29, 1.82) is 5.26 Å². The fourth-order valence-electron chi connectivity index (χ4n) is 5.70. The summed E-state index contributed by atoms with van der Waals surface area (Å²) in [5.74, 6) is 0. The zero-order valence-electron chi connectivity index (χ0n) is 22.4. The highest BCUT2D eigenvalue weighted by molar-refractivity contribution is 5.87. The van der Waals surface area contributed by atoms with Crippen LogP contribution in [0, 0.1) is 25.2 Å². The Bertz CT molecular complexity index is 1510. The van der Waals surface area contributed by atoms with E-state index in [1.165, 1.54) is 55.9 Å². The molecule has 4 aromatic carbocycles. The fraction of sp³-hybridized carbons (Fsp3) is 0.265. The van der Waals surface area contributed by atoms with Crippen molar-refractivity contribution in [2.24, 2.45) is 0 Å². The molecule has 180 valence electrons. The third kappa shape index (κ3) is 3.80. The first-order valence-electron chi connectivity index (χ1n) is 12.7. The van der Waals surface area contributed by atoms with Crippen LogP contribution in [0.3, 0.4) is 0 Å². The molecule has 2 heteroatoms. The highest BCUT2D eigenvalue weighted by Gasteiger charge is 2.37. The van der Waals surface area contributed by atoms with Crippen LogP contribution in [0.2, 0.25) is 0 Å². The summed E-state index contributed by atoms with van der Waals surface area (Å²) in [4.78, 5) is 2.50. The van der Waals surface area contributed by atoms with Gasteiger partial charge in [-0.1, -0.05) is 68.4 Å². The molecule has 0 aromatic heterocycles. The smallest absolute Gasteiger partial charge is 0.0991 e. The lowest BCUT2D eigenvalue weighted by atomic mass is 9.81. The first kappa shape index (κ1) is 23.9. The maximum atomic E-state index is 9.51. The van der Waals surface area contributed by atoms with E-state index < -0.39 is 0 Å². The normalized spacial score (nSPS) is 13.6. The van der Waals surface area contributed by atoms with Gasteiger partial charge >= 0.3 is 0 Å². The maximum absolute atomic E-state index is 9.51. The number of benzene rings is 4. The summed E-state index contributed by atoms with van der Waals surface area (Å²) in [6.07, 6.45) is 0. The van der Waals surface area contributed by atoms with E-state index in [2.05, 4.69) is 132 Å². The minimum atomic E-state index is -0.142. The van der Waals surface area contributed by atoms with Gasteiger partial charge < -0.3 is 4.90 Å². The SMILES string of the molecule is Cc1ccc(-c2ccccc2)cc1N(c1cc2c(cc1C)C(C)(C)c1cc(C#N)ccc1-2)C(C)(C)C. The van der Waals surface area contributed by atoms with Gasteiger partial charge in [0.2, 0.25) is 0 Å². The molecule has 0 radical (unpaired) electrons. The third-order valence-corrected chi connectivity index (χ3v) is 7.59. The summed E-state index contributed by atoms with van der Waals surface area (Å²) in [5, 5.41) is 9.51. The Morgan fingerprint density at radius 2 is 1.36 bits per heavy atom. The lowest BCUT2D eigenvalue weighted by Gasteiger charge is -2.40. The summed E-state index contributed by atoms with van der Waals surface area (Å²) in [7, 11) is 0. The Labute approximate surface area is 215 Å². The van der Waals surface area contributed by atoms with E-state index >= 15 is 0 Å². The Morgan fingerprint density at radius 3 is 2.03 bits per heavy atom. The van der Waals surface area contributed by atoms with Crippen molar-refractivity contribution in [3.05, 3.63) is 107 Å². The monoisotopic (exact) mass is 470 g/mol. The van der Waals surface area contributed by atoms with Gasteiger partial charge in [-0.15, -0.1) is 0 Å². The largest absolute Gasteiger partial charge is 0.336 e. The molecule has 1 aliphatic carbocycles. The number of hydrogen-bond donors (Lipinski definition) is 0. The van der Waals surface area contributed by atoms with E-state index in [0.717, 1.165) is 5.56 Å². The number of nitriles is 1. The van der Waals surface area contributed by atoms with Gasteiger partial charge in [0.25, 0.3) is 0 Å². The average molecular weight is 471 g/mol. The van der Waals surface area contributed by atoms with Crippen LogP contribution in [0.4, 0.5) is 11.4 Å². The molecule has 0 heterocycles. The van der Waals surface area contributed by atoms with Gasteiger partial charge in [-0.2, -0.15) is 5.26 Å². The lowest BCUT2D eigenvalue weighted by Crippen LogP contribution is -2.38. The van der Waals surface area contributed by atoms with Crippen molar-refractivity contribution in [3.8, 4) is 28.3 Å². The topological polar surface area (TPSA) is 27.0 Å². The first-order valence-corrected chi connectivity index (χ1v) is 12.7. The van der Waals surface area contributed by atoms with Crippen LogP contribution in [0.1, 0.15) is 62.4 Å². The Balaban J connectivity index is 1.73. The number of rotatable bonds is 3. The average Bonchev–Trinajstić information content (AvgIpc) is 3.06. The summed E-state index contributed by atoms with van der Waals surface area (Å²) in [6, 6.07) is 30.6. The van der Waals surface area contributed by atoms with E-state index in [4.69, 9.17) is 0 Å². The Morgan fingerprint density at radius 1 is 0.694 bits per heavy atom. The fourth-order valence-corrected chi connectivity index (χ4v) is 5.70. The van der Waals surface area contributed by atoms with Crippen LogP contribution in [-0.2, 0) is 5.41 Å². The van der Waals surface area contributed by atoms with Crippen molar-refractivity contribution in [2.45, 2.75) is 59.4 Å². The molecule has 0 spiro atoms. The first-order chi connectivity index (χ1) is 17.0. The number of hydrogen-bond acceptors (Lipinski definition) is 2. The Hall–Kier alpha value is -3.83. The summed E-state index contributed by atoms with van der Waals surface area (Å²) in [5.41, 5.74) is 12.9. The second-order valence-electron chi connectivity index (χ2n) is 11.6. The second-order valence-corrected chi connectivity index (χ2v) is 11.6. The minimum absolute atomic E-state index is 0.138. The molecule has 5 rings (SSSR count). The van der Waals surface area contributed by atoms with Gasteiger partial charge in [0, 0.05) is 22.3 Å². The van der Waals surface area contributed by atoms with Crippen molar-refractivity contribution in [1.82, 2.24) is 0 Å². The standard InChI is InChI=1S/C34H34N2/c1-22-13-15-26(25-11-9-8-10-12-25)19-31(22)36(33(3,4)5)32-20-28-27-16-14-24(21-35)18-30(27)34(6,7)29(28)17-23(32)2/h8-20H,1-7H3. The molecule has 2 nitrogen and oxygen atoms in total. The molecule has 0 amide bonds. The molecule has 4 aromatic rings. The molecular formula is C34H34N2. The number of anilines is 2. The number of aryl methyl sites for hydroxylation is 2. The van der Waals surface area contributed by atoms with Gasteiger partial charge in [-0.3, -0.25) is 0 Å². The van der Waals surface area contributed by atoms with E-state index in [9.17, 15) is 5.26 Å². The predicted octanol–water partition coefficient (Wildman–Crippen LogP) is 9.09. The predicted molar refractivity (Wildman–Crippen MR) is 152 cm³/mol. The van der Waals surface area contributed by atoms with E-state index in [1.807, 2.05) is 6.07 Å². The zero-order chi connectivity index (χ0) is 25.8. The van der Waals surface area contributed by atoms with Gasteiger partial charge in [0.15, 0.2) is 0 Å². The van der Waals surface area contributed by atoms with Crippen LogP contribution >= 0.6 is 0 Å². The molecule has 0 N–H and O–H groups in total. The highest BCUT2D eigenvalue weighted by Crippen LogP contribution is 2.52. The van der Waals surface area contributed by atoms with Crippen molar-refractivity contribution >= 4 is 11.4 Å². The molecular weight excluding hydrogens is 436 g/mol. The number of fused-ring (bicyclic) bond motifs is 3. The highest BCUT2D eigenvalue weighted by atomic mass is 15.2. The molecule has 1 aliphatic rings.